The zero-order valence-corrected chi connectivity index (χ0v) is 23.1. The van der Waals surface area contributed by atoms with Crippen molar-refractivity contribution in [2.75, 3.05) is 18.5 Å². The highest BCUT2D eigenvalue weighted by Gasteiger charge is 2.32. The van der Waals surface area contributed by atoms with E-state index in [0.29, 0.717) is 22.5 Å². The number of hydrogen-bond acceptors (Lipinski definition) is 4. The molecule has 7 nitrogen and oxygen atoms in total. The molecule has 0 saturated heterocycles. The Hall–Kier alpha value is -5.44. The number of anilines is 1. The lowest BCUT2D eigenvalue weighted by atomic mass is 9.85. The van der Waals surface area contributed by atoms with Gasteiger partial charge in [0.15, 0.2) is 0 Å². The molecule has 0 aliphatic heterocycles. The third kappa shape index (κ3) is 5.21. The monoisotopic (exact) mass is 579 g/mol. The molecule has 216 valence electrons. The molecule has 0 bridgehead atoms. The fraction of sp³-hybridized carbons (Fsp3) is 0.118. The zero-order chi connectivity index (χ0) is 30.1. The molecule has 0 aliphatic carbocycles. The van der Waals surface area contributed by atoms with E-state index >= 15 is 4.39 Å². The summed E-state index contributed by atoms with van der Waals surface area (Å²) in [6.45, 7) is 0.196. The number of rotatable bonds is 7. The molecule has 0 saturated carbocycles. The van der Waals surface area contributed by atoms with E-state index in [0.717, 1.165) is 23.6 Å². The predicted octanol–water partition coefficient (Wildman–Crippen LogP) is 6.83. The molecular formula is C34H27F2N3O4. The Morgan fingerprint density at radius 3 is 2.44 bits per heavy atom. The number of nitrogens with zero attached hydrogens (tertiary/aromatic N) is 1. The first-order chi connectivity index (χ1) is 20.8. The number of para-hydroxylation sites is 3. The van der Waals surface area contributed by atoms with Crippen molar-refractivity contribution in [3.63, 3.8) is 0 Å². The Morgan fingerprint density at radius 1 is 0.953 bits per heavy atom. The van der Waals surface area contributed by atoms with Crippen LogP contribution in [0.25, 0.3) is 21.9 Å². The quantitative estimate of drug-likeness (QED) is 0.181. The number of fused-ring (bicyclic) bond motifs is 2. The summed E-state index contributed by atoms with van der Waals surface area (Å²) in [7, 11) is 1.66. The Balaban J connectivity index is 1.48. The van der Waals surface area contributed by atoms with Crippen LogP contribution >= 0.6 is 0 Å². The van der Waals surface area contributed by atoms with Crippen LogP contribution in [-0.4, -0.2) is 29.7 Å². The molecule has 0 spiro atoms. The molecule has 3 N–H and O–H groups in total. The maximum absolute atomic E-state index is 15.5. The number of hydrogen-bond donors (Lipinski definition) is 3. The molecule has 2 aromatic heterocycles. The molecule has 6 aromatic rings. The molecule has 1 atom stereocenters. The smallest absolute Gasteiger partial charge is 0.344 e. The average molecular weight is 580 g/mol. The van der Waals surface area contributed by atoms with E-state index in [9.17, 15) is 19.1 Å². The van der Waals surface area contributed by atoms with E-state index in [2.05, 4.69) is 10.3 Å². The first-order valence-corrected chi connectivity index (χ1v) is 13.7. The summed E-state index contributed by atoms with van der Waals surface area (Å²) < 4.78 is 35.7. The van der Waals surface area contributed by atoms with Crippen molar-refractivity contribution in [2.24, 2.45) is 0 Å². The maximum Gasteiger partial charge on any atom is 0.344 e. The van der Waals surface area contributed by atoms with Crippen LogP contribution in [0, 0.1) is 11.6 Å². The lowest BCUT2D eigenvalue weighted by molar-refractivity contribution is 0.247. The maximum atomic E-state index is 15.5. The SMILES string of the molecule is CN(C(=O)NCCc1c(C(c2cc(F)ccc2F)c2c(O)c3ccccc3oc2=O)[nH]c2ccccc12)c1ccccc1. The van der Waals surface area contributed by atoms with Gasteiger partial charge in [0.25, 0.3) is 0 Å². The first kappa shape index (κ1) is 27.7. The van der Waals surface area contributed by atoms with Gasteiger partial charge < -0.3 is 19.8 Å². The lowest BCUT2D eigenvalue weighted by Gasteiger charge is -2.21. The zero-order valence-electron chi connectivity index (χ0n) is 23.1. The number of benzene rings is 4. The molecule has 4 aromatic carbocycles. The van der Waals surface area contributed by atoms with Crippen LogP contribution in [0.5, 0.6) is 5.75 Å². The summed E-state index contributed by atoms with van der Waals surface area (Å²) in [6, 6.07) is 25.6. The fourth-order valence-electron chi connectivity index (χ4n) is 5.51. The van der Waals surface area contributed by atoms with Crippen LogP contribution in [-0.2, 0) is 6.42 Å². The third-order valence-electron chi connectivity index (χ3n) is 7.61. The summed E-state index contributed by atoms with van der Waals surface area (Å²) >= 11 is 0. The summed E-state index contributed by atoms with van der Waals surface area (Å²) in [6.07, 6.45) is 0.279. The second kappa shape index (κ2) is 11.4. The van der Waals surface area contributed by atoms with Gasteiger partial charge in [-0.2, -0.15) is 0 Å². The number of H-pyrrole nitrogens is 1. The predicted molar refractivity (Wildman–Crippen MR) is 162 cm³/mol. The largest absolute Gasteiger partial charge is 0.507 e. The van der Waals surface area contributed by atoms with Crippen molar-refractivity contribution in [3.05, 3.63) is 142 Å². The van der Waals surface area contributed by atoms with E-state index in [1.54, 1.807) is 31.3 Å². The topological polar surface area (TPSA) is 98.6 Å². The second-order valence-corrected chi connectivity index (χ2v) is 10.2. The van der Waals surface area contributed by atoms with Gasteiger partial charge in [0.1, 0.15) is 23.0 Å². The normalized spacial score (nSPS) is 12.0. The van der Waals surface area contributed by atoms with Crippen molar-refractivity contribution in [1.82, 2.24) is 10.3 Å². The van der Waals surface area contributed by atoms with Gasteiger partial charge in [-0.15, -0.1) is 0 Å². The lowest BCUT2D eigenvalue weighted by Crippen LogP contribution is -2.38. The third-order valence-corrected chi connectivity index (χ3v) is 7.61. The Bertz CT molecular complexity index is 2020. The minimum absolute atomic E-state index is 0.154. The summed E-state index contributed by atoms with van der Waals surface area (Å²) in [5.74, 6) is -3.12. The molecule has 2 amide bonds. The molecule has 2 heterocycles. The van der Waals surface area contributed by atoms with Gasteiger partial charge in [-0.25, -0.2) is 18.4 Å². The number of amides is 2. The average Bonchev–Trinajstić information content (AvgIpc) is 3.38. The van der Waals surface area contributed by atoms with E-state index in [1.165, 1.54) is 4.90 Å². The number of aromatic amines is 1. The van der Waals surface area contributed by atoms with Gasteiger partial charge in [-0.3, -0.25) is 4.90 Å². The van der Waals surface area contributed by atoms with Crippen LogP contribution in [0.1, 0.15) is 28.3 Å². The second-order valence-electron chi connectivity index (χ2n) is 10.2. The number of aromatic hydroxyl groups is 1. The van der Waals surface area contributed by atoms with Gasteiger partial charge in [0.05, 0.1) is 16.9 Å². The van der Waals surface area contributed by atoms with E-state index in [4.69, 9.17) is 4.42 Å². The van der Waals surface area contributed by atoms with Gasteiger partial charge in [0.2, 0.25) is 0 Å². The molecule has 0 aliphatic rings. The van der Waals surface area contributed by atoms with Gasteiger partial charge >= 0.3 is 11.7 Å². The van der Waals surface area contributed by atoms with E-state index < -0.39 is 23.2 Å². The molecule has 0 radical (unpaired) electrons. The summed E-state index contributed by atoms with van der Waals surface area (Å²) in [5, 5.41) is 15.4. The van der Waals surface area contributed by atoms with Crippen LogP contribution in [0.3, 0.4) is 0 Å². The number of carbonyl (C=O) groups is 1. The van der Waals surface area contributed by atoms with Crippen LogP contribution in [0.4, 0.5) is 19.3 Å². The Kier molecular flexibility index (Phi) is 7.38. The van der Waals surface area contributed by atoms with Gasteiger partial charge in [0, 0.05) is 41.4 Å². The molecule has 0 fully saturated rings. The molecule has 1 unspecified atom stereocenters. The molecule has 6 rings (SSSR count). The van der Waals surface area contributed by atoms with Gasteiger partial charge in [-0.1, -0.05) is 48.5 Å². The van der Waals surface area contributed by atoms with Crippen molar-refractivity contribution in [1.29, 1.82) is 0 Å². The number of urea groups is 1. The fourth-order valence-corrected chi connectivity index (χ4v) is 5.51. The highest BCUT2D eigenvalue weighted by atomic mass is 19.1. The van der Waals surface area contributed by atoms with Crippen molar-refractivity contribution in [3.8, 4) is 5.75 Å². The Morgan fingerprint density at radius 2 is 1.65 bits per heavy atom. The van der Waals surface area contributed by atoms with Crippen molar-refractivity contribution >= 4 is 33.6 Å². The molecule has 43 heavy (non-hydrogen) atoms. The summed E-state index contributed by atoms with van der Waals surface area (Å²) in [4.78, 5) is 31.2. The standard InChI is InChI=1S/C34H27F2N3O4/c1-39(21-9-3-2-4-10-21)34(42)37-18-17-23-22-11-5-7-13-27(22)38-31(23)29(25-19-20(35)15-16-26(25)36)30-32(40)24-12-6-8-14-28(24)43-33(30)41/h2-16,19,29,38,40H,17-18H2,1H3,(H,37,42). The van der Waals surface area contributed by atoms with Crippen molar-refractivity contribution in [2.45, 2.75) is 12.3 Å². The number of halogens is 2. The van der Waals surface area contributed by atoms with Crippen LogP contribution in [0.15, 0.2) is 106 Å². The van der Waals surface area contributed by atoms with Crippen molar-refractivity contribution < 1.29 is 23.1 Å². The molecule has 9 heteroatoms. The van der Waals surface area contributed by atoms with Crippen LogP contribution in [0.2, 0.25) is 0 Å². The molecular weight excluding hydrogens is 552 g/mol. The number of carbonyl (C=O) groups excluding carboxylic acids is 1. The number of aromatic nitrogens is 1. The highest BCUT2D eigenvalue weighted by molar-refractivity contribution is 5.91. The van der Waals surface area contributed by atoms with Crippen LogP contribution < -0.4 is 15.8 Å². The number of nitrogens with one attached hydrogen (secondary N) is 2. The van der Waals surface area contributed by atoms with Gasteiger partial charge in [-0.05, 0) is 60.5 Å². The van der Waals surface area contributed by atoms with E-state index in [1.807, 2.05) is 54.6 Å². The summed E-state index contributed by atoms with van der Waals surface area (Å²) in [5.41, 5.74) is 1.33. The highest BCUT2D eigenvalue weighted by Crippen LogP contribution is 2.42. The minimum Gasteiger partial charge on any atom is -0.507 e. The Labute approximate surface area is 245 Å². The first-order valence-electron chi connectivity index (χ1n) is 13.7. The van der Waals surface area contributed by atoms with E-state index in [-0.39, 0.29) is 46.8 Å². The minimum atomic E-state index is -1.26.